The summed E-state index contributed by atoms with van der Waals surface area (Å²) in [5.74, 6) is 2.48. The highest BCUT2D eigenvalue weighted by atomic mass is 16.6. The predicted octanol–water partition coefficient (Wildman–Crippen LogP) is 2.08. The van der Waals surface area contributed by atoms with Crippen LogP contribution in [0.25, 0.3) is 0 Å². The molecule has 2 amide bonds. The summed E-state index contributed by atoms with van der Waals surface area (Å²) in [7, 11) is 0. The molecule has 2 unspecified atom stereocenters. The van der Waals surface area contributed by atoms with Gasteiger partial charge in [0.2, 0.25) is 0 Å². The fourth-order valence-corrected chi connectivity index (χ4v) is 2.49. The van der Waals surface area contributed by atoms with Gasteiger partial charge < -0.3 is 33.5 Å². The molecule has 2 saturated heterocycles. The Labute approximate surface area is 178 Å². The minimum atomic E-state index is -0.522. The first-order valence-electron chi connectivity index (χ1n) is 9.95. The summed E-state index contributed by atoms with van der Waals surface area (Å²) in [6, 6.07) is 0. The lowest BCUT2D eigenvalue weighted by molar-refractivity contribution is -0.123. The summed E-state index contributed by atoms with van der Waals surface area (Å²) in [6.07, 6.45) is 4.39. The Bertz CT molecular complexity index is 631. The van der Waals surface area contributed by atoms with Crippen LogP contribution in [0.5, 0.6) is 0 Å². The lowest BCUT2D eigenvalue weighted by Gasteiger charge is -2.32. The van der Waals surface area contributed by atoms with Gasteiger partial charge >= 0.3 is 12.2 Å². The lowest BCUT2D eigenvalue weighted by Crippen LogP contribution is -2.47. The Balaban J connectivity index is 0.000000300. The maximum absolute atomic E-state index is 11.7. The van der Waals surface area contributed by atoms with E-state index in [0.29, 0.717) is 39.1 Å². The highest BCUT2D eigenvalue weighted by molar-refractivity contribution is 5.69. The molecular weight excluding hydrogens is 392 g/mol. The second-order valence-electron chi connectivity index (χ2n) is 8.92. The van der Waals surface area contributed by atoms with Crippen molar-refractivity contribution in [2.45, 2.75) is 65.0 Å². The van der Waals surface area contributed by atoms with Gasteiger partial charge in [-0.05, 0) is 41.5 Å². The summed E-state index contributed by atoms with van der Waals surface area (Å²) in [5, 5.41) is 0. The molecule has 2 rings (SSSR count). The molecule has 0 bridgehead atoms. The molecule has 2 heterocycles. The first kappa shape index (κ1) is 25.7. The van der Waals surface area contributed by atoms with Gasteiger partial charge in [-0.15, -0.1) is 6.42 Å². The van der Waals surface area contributed by atoms with Crippen LogP contribution < -0.4 is 0 Å². The molecule has 0 saturated carbocycles. The minimum absolute atomic E-state index is 0.276. The molecule has 2 aliphatic heterocycles. The topological polar surface area (TPSA) is 94.6 Å². The second kappa shape index (κ2) is 11.2. The number of terminal acetylenes is 1. The zero-order chi connectivity index (χ0) is 22.9. The first-order valence-corrected chi connectivity index (χ1v) is 9.95. The van der Waals surface area contributed by atoms with E-state index < -0.39 is 23.4 Å². The Kier molecular flexibility index (Phi) is 9.59. The van der Waals surface area contributed by atoms with Crippen molar-refractivity contribution in [3.63, 3.8) is 0 Å². The predicted molar refractivity (Wildman–Crippen MR) is 110 cm³/mol. The van der Waals surface area contributed by atoms with E-state index >= 15 is 0 Å². The van der Waals surface area contributed by atoms with E-state index in [0.717, 1.165) is 0 Å². The molecule has 0 aromatic rings. The average molecular weight is 427 g/mol. The Morgan fingerprint density at radius 1 is 0.933 bits per heavy atom. The summed E-state index contributed by atoms with van der Waals surface area (Å²) in [5.41, 5.74) is -0.979. The van der Waals surface area contributed by atoms with Crippen molar-refractivity contribution in [2.24, 2.45) is 0 Å². The van der Waals surface area contributed by atoms with Crippen molar-refractivity contribution in [3.05, 3.63) is 0 Å². The van der Waals surface area contributed by atoms with Crippen LogP contribution in [0.15, 0.2) is 0 Å². The van der Waals surface area contributed by atoms with Gasteiger partial charge in [-0.2, -0.15) is 0 Å². The smallest absolute Gasteiger partial charge is 0.410 e. The van der Waals surface area contributed by atoms with Crippen LogP contribution in [0.3, 0.4) is 0 Å². The molecule has 0 spiro atoms. The van der Waals surface area contributed by atoms with Crippen LogP contribution in [0.2, 0.25) is 0 Å². The highest BCUT2D eigenvalue weighted by Crippen LogP contribution is 2.13. The number of morpholine rings is 2. The van der Waals surface area contributed by atoms with Gasteiger partial charge in [-0.1, -0.05) is 5.92 Å². The fraction of sp³-hybridized carbons (Fsp3) is 0.762. The van der Waals surface area contributed by atoms with Crippen LogP contribution in [0.4, 0.5) is 9.59 Å². The van der Waals surface area contributed by atoms with Crippen molar-refractivity contribution in [2.75, 3.05) is 39.4 Å². The van der Waals surface area contributed by atoms with Gasteiger partial charge in [0.15, 0.2) is 6.29 Å². The lowest BCUT2D eigenvalue weighted by atomic mass is 10.2. The molecule has 9 nitrogen and oxygen atoms in total. The molecular formula is C21H34N2O7. The van der Waals surface area contributed by atoms with Crippen LogP contribution in [-0.4, -0.2) is 91.1 Å². The second-order valence-corrected chi connectivity index (χ2v) is 8.92. The monoisotopic (exact) mass is 426 g/mol. The number of amides is 2. The molecule has 2 aliphatic rings. The summed E-state index contributed by atoms with van der Waals surface area (Å²) >= 11 is 0. The number of carbonyl (C=O) groups is 3. The van der Waals surface area contributed by atoms with Gasteiger partial charge in [-0.3, -0.25) is 0 Å². The van der Waals surface area contributed by atoms with Crippen molar-refractivity contribution in [3.8, 4) is 12.3 Å². The Morgan fingerprint density at radius 3 is 1.83 bits per heavy atom. The molecule has 2 fully saturated rings. The first-order chi connectivity index (χ1) is 13.8. The van der Waals surface area contributed by atoms with E-state index in [9.17, 15) is 14.4 Å². The molecule has 0 aromatic heterocycles. The number of rotatable bonds is 1. The van der Waals surface area contributed by atoms with Crippen LogP contribution >= 0.6 is 0 Å². The third kappa shape index (κ3) is 9.94. The number of nitrogens with zero attached hydrogens (tertiary/aromatic N) is 2. The number of carbonyl (C=O) groups excluding carboxylic acids is 3. The van der Waals surface area contributed by atoms with E-state index in [4.69, 9.17) is 25.4 Å². The average Bonchev–Trinajstić information content (AvgIpc) is 2.66. The number of hydrogen-bond donors (Lipinski definition) is 0. The van der Waals surface area contributed by atoms with Crippen molar-refractivity contribution < 1.29 is 33.3 Å². The maximum Gasteiger partial charge on any atom is 0.410 e. The third-order valence-corrected chi connectivity index (χ3v) is 3.80. The van der Waals surface area contributed by atoms with Crippen LogP contribution in [0.1, 0.15) is 41.5 Å². The summed E-state index contributed by atoms with van der Waals surface area (Å²) < 4.78 is 20.8. The Hall–Kier alpha value is -2.31. The maximum atomic E-state index is 11.7. The van der Waals surface area contributed by atoms with Crippen molar-refractivity contribution >= 4 is 18.5 Å². The summed E-state index contributed by atoms with van der Waals surface area (Å²) in [6.45, 7) is 13.5. The molecule has 0 aliphatic carbocycles. The molecule has 2 atom stereocenters. The van der Waals surface area contributed by atoms with Crippen molar-refractivity contribution in [1.29, 1.82) is 0 Å². The Morgan fingerprint density at radius 2 is 1.40 bits per heavy atom. The molecule has 0 aromatic carbocycles. The van der Waals surface area contributed by atoms with E-state index in [1.807, 2.05) is 41.5 Å². The molecule has 0 radical (unpaired) electrons. The zero-order valence-corrected chi connectivity index (χ0v) is 18.8. The largest absolute Gasteiger partial charge is 0.444 e. The van der Waals surface area contributed by atoms with Gasteiger partial charge in [-0.25, -0.2) is 9.59 Å². The molecule has 170 valence electrons. The normalized spacial score (nSPS) is 22.2. The number of ether oxygens (including phenoxy) is 4. The van der Waals surface area contributed by atoms with E-state index in [2.05, 4.69) is 5.92 Å². The summed E-state index contributed by atoms with van der Waals surface area (Å²) in [4.78, 5) is 36.8. The number of hydrogen-bond acceptors (Lipinski definition) is 7. The highest BCUT2D eigenvalue weighted by Gasteiger charge is 2.28. The SMILES string of the molecule is C#CC1CN(C(=O)OC(C)(C)C)CCO1.CC(C)(C)OC(=O)N1CCOC(C=O)C1. The zero-order valence-electron chi connectivity index (χ0n) is 18.8. The van der Waals surface area contributed by atoms with Gasteiger partial charge in [0.25, 0.3) is 0 Å². The quantitative estimate of drug-likeness (QED) is 0.468. The standard InChI is InChI=1S/C11H17NO3.C10H17NO4/c1-5-9-8-12(6-7-14-9)10(13)15-11(2,3)4;1-10(2,3)15-9(13)11-4-5-14-8(6-11)7-12/h1,9H,6-8H2,2-4H3;7-8H,4-6H2,1-3H3. The van der Waals surface area contributed by atoms with E-state index in [-0.39, 0.29) is 18.7 Å². The molecule has 9 heteroatoms. The minimum Gasteiger partial charge on any atom is -0.444 e. The van der Waals surface area contributed by atoms with Gasteiger partial charge in [0.05, 0.1) is 26.3 Å². The van der Waals surface area contributed by atoms with Crippen molar-refractivity contribution in [1.82, 2.24) is 9.80 Å². The van der Waals surface area contributed by atoms with Crippen LogP contribution in [0, 0.1) is 12.3 Å². The number of aldehydes is 1. The molecule has 0 N–H and O–H groups in total. The van der Waals surface area contributed by atoms with E-state index in [1.54, 1.807) is 4.90 Å². The molecule has 30 heavy (non-hydrogen) atoms. The fourth-order valence-electron chi connectivity index (χ4n) is 2.49. The third-order valence-electron chi connectivity index (χ3n) is 3.80. The van der Waals surface area contributed by atoms with Crippen LogP contribution in [-0.2, 0) is 23.7 Å². The van der Waals surface area contributed by atoms with E-state index in [1.165, 1.54) is 4.90 Å². The van der Waals surface area contributed by atoms with Gasteiger partial charge in [0, 0.05) is 13.1 Å². The van der Waals surface area contributed by atoms with Gasteiger partial charge in [0.1, 0.15) is 23.4 Å².